The summed E-state index contributed by atoms with van der Waals surface area (Å²) in [5.41, 5.74) is 1.72. The zero-order valence-electron chi connectivity index (χ0n) is 14.1. The van der Waals surface area contributed by atoms with E-state index in [0.29, 0.717) is 6.42 Å². The molecule has 3 heteroatoms. The number of ketones is 1. The number of Topliss-reactive ketones (excluding diaryl/α,β-unsaturated/α-hetero) is 1. The van der Waals surface area contributed by atoms with E-state index < -0.39 is 6.10 Å². The molecule has 3 rings (SSSR count). The number of aliphatic hydroxyl groups is 1. The van der Waals surface area contributed by atoms with Crippen molar-refractivity contribution < 1.29 is 9.90 Å². The number of nitrogens with zero attached hydrogens (tertiary/aromatic N) is 1. The fourth-order valence-electron chi connectivity index (χ4n) is 3.67. The van der Waals surface area contributed by atoms with Crippen molar-refractivity contribution >= 4 is 5.78 Å². The van der Waals surface area contributed by atoms with Gasteiger partial charge < -0.3 is 5.11 Å². The molecule has 0 aliphatic carbocycles. The number of piperidine rings is 1. The Balaban J connectivity index is 1.69. The zero-order valence-corrected chi connectivity index (χ0v) is 14.1. The van der Waals surface area contributed by atoms with Gasteiger partial charge in [0, 0.05) is 11.6 Å². The first-order valence-corrected chi connectivity index (χ1v) is 8.71. The van der Waals surface area contributed by atoms with Crippen molar-refractivity contribution in [3.8, 4) is 0 Å². The summed E-state index contributed by atoms with van der Waals surface area (Å²) in [4.78, 5) is 15.0. The minimum absolute atomic E-state index is 0.0888. The highest BCUT2D eigenvalue weighted by atomic mass is 16.3. The van der Waals surface area contributed by atoms with Gasteiger partial charge in [0.05, 0.1) is 12.1 Å². The molecule has 1 aliphatic rings. The predicted octanol–water partition coefficient (Wildman–Crippen LogP) is 3.85. The van der Waals surface area contributed by atoms with E-state index in [0.717, 1.165) is 30.4 Å². The monoisotopic (exact) mass is 323 g/mol. The van der Waals surface area contributed by atoms with Gasteiger partial charge in [0.1, 0.15) is 0 Å². The fourth-order valence-corrected chi connectivity index (χ4v) is 3.67. The molecular formula is C21H25NO2. The lowest BCUT2D eigenvalue weighted by molar-refractivity contribution is 0.0499. The van der Waals surface area contributed by atoms with Gasteiger partial charge in [-0.05, 0) is 38.3 Å². The number of hydrogen-bond acceptors (Lipinski definition) is 3. The third-order valence-electron chi connectivity index (χ3n) is 5.12. The number of aliphatic hydroxyl groups excluding tert-OH is 1. The summed E-state index contributed by atoms with van der Waals surface area (Å²) in [5.74, 6) is 0.192. The van der Waals surface area contributed by atoms with E-state index in [1.165, 1.54) is 0 Å². The second-order valence-electron chi connectivity index (χ2n) is 6.66. The minimum Gasteiger partial charge on any atom is -0.388 e. The van der Waals surface area contributed by atoms with Crippen molar-refractivity contribution in [2.75, 3.05) is 7.05 Å². The quantitative estimate of drug-likeness (QED) is 0.850. The normalized spacial score (nSPS) is 22.9. The molecule has 2 aromatic rings. The van der Waals surface area contributed by atoms with E-state index in [2.05, 4.69) is 4.90 Å². The van der Waals surface area contributed by atoms with Crippen LogP contribution in [0.3, 0.4) is 0 Å². The lowest BCUT2D eigenvalue weighted by Gasteiger charge is -2.39. The third kappa shape index (κ3) is 3.74. The molecule has 126 valence electrons. The van der Waals surface area contributed by atoms with Crippen LogP contribution in [0.25, 0.3) is 0 Å². The maximum Gasteiger partial charge on any atom is 0.179 e. The molecule has 0 amide bonds. The maximum atomic E-state index is 12.8. The van der Waals surface area contributed by atoms with E-state index >= 15 is 0 Å². The molecule has 3 atom stereocenters. The molecule has 3 nitrogen and oxygen atoms in total. The van der Waals surface area contributed by atoms with Gasteiger partial charge in [0.15, 0.2) is 5.78 Å². The van der Waals surface area contributed by atoms with Crippen LogP contribution < -0.4 is 0 Å². The van der Waals surface area contributed by atoms with E-state index in [9.17, 15) is 9.90 Å². The Kier molecular flexibility index (Phi) is 5.44. The Labute approximate surface area is 143 Å². The first-order valence-electron chi connectivity index (χ1n) is 8.71. The van der Waals surface area contributed by atoms with Gasteiger partial charge in [-0.3, -0.25) is 9.69 Å². The average molecular weight is 323 g/mol. The van der Waals surface area contributed by atoms with Crippen molar-refractivity contribution in [3.05, 3.63) is 71.8 Å². The highest BCUT2D eigenvalue weighted by Crippen LogP contribution is 2.30. The van der Waals surface area contributed by atoms with Crippen LogP contribution in [0.2, 0.25) is 0 Å². The summed E-state index contributed by atoms with van der Waals surface area (Å²) in [5, 5.41) is 10.5. The number of hydrogen-bond donors (Lipinski definition) is 1. The average Bonchev–Trinajstić information content (AvgIpc) is 2.64. The molecule has 0 saturated carbocycles. The molecule has 0 aromatic heterocycles. The zero-order chi connectivity index (χ0) is 16.9. The van der Waals surface area contributed by atoms with Gasteiger partial charge in [0.25, 0.3) is 0 Å². The van der Waals surface area contributed by atoms with Crippen LogP contribution in [0.5, 0.6) is 0 Å². The van der Waals surface area contributed by atoms with E-state index in [1.807, 2.05) is 67.7 Å². The summed E-state index contributed by atoms with van der Waals surface area (Å²) >= 11 is 0. The molecule has 2 aromatic carbocycles. The highest BCUT2D eigenvalue weighted by molar-refractivity contribution is 6.00. The largest absolute Gasteiger partial charge is 0.388 e. The number of likely N-dealkylation sites (N-methyl/N-ethyl adjacent to an activating group) is 1. The summed E-state index contributed by atoms with van der Waals surface area (Å²) in [6, 6.07) is 19.4. The Hall–Kier alpha value is -1.97. The number of carbonyl (C=O) groups is 1. The number of benzene rings is 2. The molecule has 1 saturated heterocycles. The van der Waals surface area contributed by atoms with Gasteiger partial charge in [-0.1, -0.05) is 60.7 Å². The van der Waals surface area contributed by atoms with Gasteiger partial charge in [-0.15, -0.1) is 0 Å². The lowest BCUT2D eigenvalue weighted by atomic mass is 9.88. The molecule has 1 aliphatic heterocycles. The maximum absolute atomic E-state index is 12.8. The third-order valence-corrected chi connectivity index (χ3v) is 5.12. The predicted molar refractivity (Wildman–Crippen MR) is 96.0 cm³/mol. The van der Waals surface area contributed by atoms with Crippen LogP contribution in [0.15, 0.2) is 60.7 Å². The minimum atomic E-state index is -0.482. The summed E-state index contributed by atoms with van der Waals surface area (Å²) in [6.07, 6.45) is 3.13. The second-order valence-corrected chi connectivity index (χ2v) is 6.66. The molecular weight excluding hydrogens is 298 g/mol. The smallest absolute Gasteiger partial charge is 0.179 e. The van der Waals surface area contributed by atoms with Gasteiger partial charge in [0.2, 0.25) is 0 Å². The molecule has 24 heavy (non-hydrogen) atoms. The van der Waals surface area contributed by atoms with Gasteiger partial charge in [-0.25, -0.2) is 0 Å². The fraction of sp³-hybridized carbons (Fsp3) is 0.381. The van der Waals surface area contributed by atoms with Crippen LogP contribution in [0.1, 0.15) is 47.7 Å². The van der Waals surface area contributed by atoms with E-state index in [-0.39, 0.29) is 17.9 Å². The standard InChI is InChI=1S/C21H25NO2/c1-22-18(15-20(23)16-9-4-2-5-10-16)13-8-14-19(22)21(24)17-11-6-3-7-12-17/h2-7,9-12,18-20,23H,8,13-15H2,1H3/t18-,19-,20+/m0/s1. The first-order chi connectivity index (χ1) is 11.7. The van der Waals surface area contributed by atoms with E-state index in [1.54, 1.807) is 0 Å². The molecule has 0 unspecified atom stereocenters. The molecule has 0 radical (unpaired) electrons. The van der Waals surface area contributed by atoms with Gasteiger partial charge in [-0.2, -0.15) is 0 Å². The molecule has 0 bridgehead atoms. The van der Waals surface area contributed by atoms with Crippen molar-refractivity contribution in [2.24, 2.45) is 0 Å². The Morgan fingerprint density at radius 3 is 2.38 bits per heavy atom. The van der Waals surface area contributed by atoms with Crippen molar-refractivity contribution in [1.82, 2.24) is 4.90 Å². The van der Waals surface area contributed by atoms with Crippen molar-refractivity contribution in [3.63, 3.8) is 0 Å². The second kappa shape index (κ2) is 7.73. The van der Waals surface area contributed by atoms with Crippen LogP contribution in [0.4, 0.5) is 0 Å². The Morgan fingerprint density at radius 1 is 1.08 bits per heavy atom. The number of carbonyl (C=O) groups excluding carboxylic acids is 1. The summed E-state index contributed by atoms with van der Waals surface area (Å²) in [6.45, 7) is 0. The number of likely N-dealkylation sites (tertiary alicyclic amines) is 1. The first kappa shape index (κ1) is 16.9. The van der Waals surface area contributed by atoms with Crippen molar-refractivity contribution in [2.45, 2.75) is 43.9 Å². The van der Waals surface area contributed by atoms with Crippen LogP contribution in [0, 0.1) is 0 Å². The summed E-state index contributed by atoms with van der Waals surface area (Å²) < 4.78 is 0. The molecule has 1 N–H and O–H groups in total. The molecule has 1 heterocycles. The van der Waals surface area contributed by atoms with Gasteiger partial charge >= 0.3 is 0 Å². The summed E-state index contributed by atoms with van der Waals surface area (Å²) in [7, 11) is 2.02. The molecule has 0 spiro atoms. The SMILES string of the molecule is CN1[C@H](C[C@@H](O)c2ccccc2)CCC[C@H]1C(=O)c1ccccc1. The topological polar surface area (TPSA) is 40.5 Å². The van der Waals surface area contributed by atoms with Crippen LogP contribution in [-0.4, -0.2) is 34.9 Å². The highest BCUT2D eigenvalue weighted by Gasteiger charge is 2.33. The molecule has 1 fully saturated rings. The van der Waals surface area contributed by atoms with Crippen molar-refractivity contribution in [1.29, 1.82) is 0 Å². The van der Waals surface area contributed by atoms with Crippen LogP contribution in [-0.2, 0) is 0 Å². The number of rotatable bonds is 5. The Morgan fingerprint density at radius 2 is 1.71 bits per heavy atom. The Bertz CT molecular complexity index is 656. The van der Waals surface area contributed by atoms with Crippen LogP contribution >= 0.6 is 0 Å². The lowest BCUT2D eigenvalue weighted by Crippen LogP contribution is -2.48. The van der Waals surface area contributed by atoms with E-state index in [4.69, 9.17) is 0 Å².